The Morgan fingerprint density at radius 2 is 1.75 bits per heavy atom. The van der Waals surface area contributed by atoms with E-state index >= 15 is 0 Å². The van der Waals surface area contributed by atoms with Gasteiger partial charge in [0.25, 0.3) is 5.95 Å². The summed E-state index contributed by atoms with van der Waals surface area (Å²) in [5, 5.41) is 6.93. The van der Waals surface area contributed by atoms with Crippen molar-refractivity contribution in [2.75, 3.05) is 18.4 Å². The molecule has 0 bridgehead atoms. The van der Waals surface area contributed by atoms with Gasteiger partial charge >= 0.3 is 0 Å². The van der Waals surface area contributed by atoms with Crippen LogP contribution in [0.3, 0.4) is 0 Å². The van der Waals surface area contributed by atoms with Gasteiger partial charge < -0.3 is 9.84 Å². The Kier molecular flexibility index (Phi) is 5.39. The fraction of sp³-hybridized carbons (Fsp3) is 0.400. The quantitative estimate of drug-likeness (QED) is 0.534. The molecule has 32 heavy (non-hydrogen) atoms. The molecule has 1 N–H and O–H groups in total. The first-order chi connectivity index (χ1) is 15.5. The predicted octanol–water partition coefficient (Wildman–Crippen LogP) is 2.67. The number of hydrogen-bond donors (Lipinski definition) is 1. The minimum absolute atomic E-state index is 0.0114. The number of anilines is 2. The second-order valence-corrected chi connectivity index (χ2v) is 10.0. The summed E-state index contributed by atoms with van der Waals surface area (Å²) in [6.45, 7) is 4.41. The topological polar surface area (TPSA) is 139 Å². The third-order valence-corrected chi connectivity index (χ3v) is 7.94. The number of rotatable bonds is 7. The van der Waals surface area contributed by atoms with Crippen molar-refractivity contribution < 1.29 is 12.9 Å². The lowest BCUT2D eigenvalue weighted by Gasteiger charge is -2.29. The van der Waals surface area contributed by atoms with Gasteiger partial charge in [-0.25, -0.2) is 17.7 Å². The fourth-order valence-corrected chi connectivity index (χ4v) is 5.54. The fourth-order valence-electron chi connectivity index (χ4n) is 3.67. The number of nitrogens with zero attached hydrogens (tertiary/aromatic N) is 7. The lowest BCUT2D eigenvalue weighted by Crippen LogP contribution is -2.39. The lowest BCUT2D eigenvalue weighted by molar-refractivity contribution is 0.270. The van der Waals surface area contributed by atoms with Gasteiger partial charge in [-0.3, -0.25) is 0 Å². The zero-order valence-corrected chi connectivity index (χ0v) is 18.1. The minimum Gasteiger partial charge on any atom is -0.339 e. The molecule has 2 aromatic heterocycles. The van der Waals surface area contributed by atoms with Gasteiger partial charge in [-0.2, -0.15) is 19.9 Å². The van der Waals surface area contributed by atoms with E-state index in [1.165, 1.54) is 0 Å². The molecule has 11 nitrogen and oxygen atoms in total. The van der Waals surface area contributed by atoms with Crippen LogP contribution in [-0.2, 0) is 10.0 Å². The average Bonchev–Trinajstić information content (AvgIpc) is 3.57. The van der Waals surface area contributed by atoms with Crippen molar-refractivity contribution in [2.45, 2.75) is 36.9 Å². The van der Waals surface area contributed by atoms with Gasteiger partial charge in [-0.1, -0.05) is 23.4 Å². The van der Waals surface area contributed by atoms with Crippen molar-refractivity contribution in [1.82, 2.24) is 29.4 Å². The first kappa shape index (κ1) is 20.6. The smallest absolute Gasteiger partial charge is 0.254 e. The number of aliphatic imine (C=N–C) groups is 1. The van der Waals surface area contributed by atoms with Crippen molar-refractivity contribution in [1.29, 1.82) is 0 Å². The first-order valence-electron chi connectivity index (χ1n) is 10.4. The number of aromatic nitrogens is 5. The van der Waals surface area contributed by atoms with E-state index in [1.807, 2.05) is 30.3 Å². The summed E-state index contributed by atoms with van der Waals surface area (Å²) in [4.78, 5) is 21.1. The van der Waals surface area contributed by atoms with E-state index < -0.39 is 10.0 Å². The maximum Gasteiger partial charge on any atom is 0.254 e. The molecular weight excluding hydrogens is 432 g/mol. The minimum atomic E-state index is -3.15. The standard InChI is InChI=1S/C20H22N8O3S/c1-21-19-24-16(25-20(26-19)22-14-5-3-2-4-6-14)17-23-18(31-27-17)13-9-11-28(12-10-13)32(29,30)15-7-8-15/h2-6,13,15H,1,7-12H2,(H,22,24,25,26). The van der Waals surface area contributed by atoms with E-state index in [9.17, 15) is 8.42 Å². The summed E-state index contributed by atoms with van der Waals surface area (Å²) in [6.07, 6.45) is 2.80. The molecule has 1 aromatic carbocycles. The van der Waals surface area contributed by atoms with Crippen LogP contribution in [0.1, 0.15) is 37.5 Å². The molecule has 2 aliphatic rings. The summed E-state index contributed by atoms with van der Waals surface area (Å²) in [6, 6.07) is 9.46. The molecule has 2 fully saturated rings. The zero-order valence-electron chi connectivity index (χ0n) is 17.3. The van der Waals surface area contributed by atoms with Gasteiger partial charge in [0.05, 0.1) is 5.25 Å². The van der Waals surface area contributed by atoms with Gasteiger partial charge in [-0.15, -0.1) is 0 Å². The highest BCUT2D eigenvalue weighted by Crippen LogP contribution is 2.35. The van der Waals surface area contributed by atoms with E-state index in [1.54, 1.807) is 4.31 Å². The van der Waals surface area contributed by atoms with Crippen LogP contribution >= 0.6 is 0 Å². The van der Waals surface area contributed by atoms with Crippen LogP contribution in [0.2, 0.25) is 0 Å². The molecule has 0 amide bonds. The van der Waals surface area contributed by atoms with E-state index in [-0.39, 0.29) is 34.7 Å². The van der Waals surface area contributed by atoms with Crippen molar-refractivity contribution in [3.05, 3.63) is 36.2 Å². The normalized spacial score (nSPS) is 17.9. The van der Waals surface area contributed by atoms with Gasteiger partial charge in [0.2, 0.25) is 33.5 Å². The molecule has 166 valence electrons. The highest BCUT2D eigenvalue weighted by molar-refractivity contribution is 7.90. The summed E-state index contributed by atoms with van der Waals surface area (Å²) in [5.41, 5.74) is 0.807. The molecule has 12 heteroatoms. The molecule has 3 heterocycles. The number of nitrogens with one attached hydrogen (secondary N) is 1. The summed E-state index contributed by atoms with van der Waals surface area (Å²) < 4.78 is 31.9. The molecule has 0 radical (unpaired) electrons. The Bertz CT molecular complexity index is 1220. The Morgan fingerprint density at radius 3 is 2.44 bits per heavy atom. The molecule has 5 rings (SSSR count). The van der Waals surface area contributed by atoms with Gasteiger partial charge in [-0.05, 0) is 44.5 Å². The summed E-state index contributed by atoms with van der Waals surface area (Å²) in [5.74, 6) is 1.30. The van der Waals surface area contributed by atoms with Crippen LogP contribution in [-0.4, -0.2) is 62.9 Å². The van der Waals surface area contributed by atoms with Crippen LogP contribution in [0.4, 0.5) is 17.6 Å². The largest absolute Gasteiger partial charge is 0.339 e. The zero-order chi connectivity index (χ0) is 22.1. The Morgan fingerprint density at radius 1 is 1.00 bits per heavy atom. The van der Waals surface area contributed by atoms with Crippen molar-refractivity contribution >= 4 is 34.3 Å². The Labute approximate surface area is 185 Å². The number of piperidine rings is 1. The lowest BCUT2D eigenvalue weighted by atomic mass is 9.98. The summed E-state index contributed by atoms with van der Waals surface area (Å²) >= 11 is 0. The second-order valence-electron chi connectivity index (χ2n) is 7.81. The number of hydrogen-bond acceptors (Lipinski definition) is 10. The van der Waals surface area contributed by atoms with Gasteiger partial charge in [0.15, 0.2) is 0 Å². The third-order valence-electron chi connectivity index (χ3n) is 5.55. The van der Waals surface area contributed by atoms with E-state index in [2.05, 4.69) is 42.1 Å². The van der Waals surface area contributed by atoms with Gasteiger partial charge in [0, 0.05) is 24.7 Å². The molecule has 1 aliphatic carbocycles. The van der Waals surface area contributed by atoms with E-state index in [0.717, 1.165) is 18.5 Å². The van der Waals surface area contributed by atoms with Crippen molar-refractivity contribution in [3.8, 4) is 11.6 Å². The molecule has 1 saturated heterocycles. The number of para-hydroxylation sites is 1. The van der Waals surface area contributed by atoms with Crippen LogP contribution in [0.25, 0.3) is 11.6 Å². The predicted molar refractivity (Wildman–Crippen MR) is 118 cm³/mol. The monoisotopic (exact) mass is 454 g/mol. The molecule has 1 aliphatic heterocycles. The second kappa shape index (κ2) is 8.36. The molecular formula is C20H22N8O3S. The third kappa shape index (κ3) is 4.23. The molecule has 0 unspecified atom stereocenters. The Balaban J connectivity index is 1.32. The first-order valence-corrected chi connectivity index (χ1v) is 11.9. The molecule has 0 atom stereocenters. The number of benzene rings is 1. The molecule has 3 aromatic rings. The van der Waals surface area contributed by atoms with E-state index in [0.29, 0.717) is 31.8 Å². The highest BCUT2D eigenvalue weighted by Gasteiger charge is 2.41. The highest BCUT2D eigenvalue weighted by atomic mass is 32.2. The maximum absolute atomic E-state index is 12.4. The number of sulfonamides is 1. The van der Waals surface area contributed by atoms with Crippen molar-refractivity contribution in [2.24, 2.45) is 4.99 Å². The summed E-state index contributed by atoms with van der Waals surface area (Å²) in [7, 11) is -3.15. The van der Waals surface area contributed by atoms with E-state index in [4.69, 9.17) is 4.52 Å². The van der Waals surface area contributed by atoms with Crippen LogP contribution < -0.4 is 5.32 Å². The molecule has 0 spiro atoms. The average molecular weight is 455 g/mol. The van der Waals surface area contributed by atoms with Crippen molar-refractivity contribution in [3.63, 3.8) is 0 Å². The SMILES string of the molecule is C=Nc1nc(Nc2ccccc2)nc(-c2noc(C3CCN(S(=O)(=O)C4CC4)CC3)n2)n1. The van der Waals surface area contributed by atoms with Crippen LogP contribution in [0.15, 0.2) is 39.8 Å². The van der Waals surface area contributed by atoms with Gasteiger partial charge in [0.1, 0.15) is 0 Å². The van der Waals surface area contributed by atoms with Crippen LogP contribution in [0, 0.1) is 0 Å². The maximum atomic E-state index is 12.4. The Hall–Kier alpha value is -3.25. The molecule has 1 saturated carbocycles. The van der Waals surface area contributed by atoms with Crippen LogP contribution in [0.5, 0.6) is 0 Å².